The van der Waals surface area contributed by atoms with Crippen molar-refractivity contribution < 1.29 is 0 Å². The highest BCUT2D eigenvalue weighted by molar-refractivity contribution is 5.11. The minimum absolute atomic E-state index is 0.534. The van der Waals surface area contributed by atoms with Crippen molar-refractivity contribution in [1.82, 2.24) is 4.90 Å². The first-order valence-electron chi connectivity index (χ1n) is 5.36. The minimum Gasteiger partial charge on any atom is -0.327 e. The molecule has 0 spiro atoms. The maximum Gasteiger partial charge on any atom is 0.0190 e. The van der Waals surface area contributed by atoms with Gasteiger partial charge in [0, 0.05) is 25.7 Å². The van der Waals surface area contributed by atoms with Crippen molar-refractivity contribution in [3.8, 4) is 0 Å². The van der Waals surface area contributed by atoms with Gasteiger partial charge in [-0.05, 0) is 25.2 Å². The second-order valence-electron chi connectivity index (χ2n) is 4.56. The van der Waals surface area contributed by atoms with E-state index in [1.165, 1.54) is 18.7 Å². The van der Waals surface area contributed by atoms with Crippen LogP contribution in [0.2, 0.25) is 0 Å². The number of nitrogens with two attached hydrogens (primary N) is 1. The number of fused-ring (bicyclic) bond motifs is 1. The van der Waals surface area contributed by atoms with Gasteiger partial charge in [0.15, 0.2) is 0 Å². The third-order valence-corrected chi connectivity index (χ3v) is 3.36. The number of allylic oxidation sites excluding steroid dienone is 1. The zero-order valence-corrected chi connectivity index (χ0v) is 8.66. The summed E-state index contributed by atoms with van der Waals surface area (Å²) in [5, 5.41) is 0. The van der Waals surface area contributed by atoms with E-state index in [-0.39, 0.29) is 0 Å². The van der Waals surface area contributed by atoms with Gasteiger partial charge in [0.1, 0.15) is 0 Å². The van der Waals surface area contributed by atoms with E-state index in [1.54, 1.807) is 0 Å². The molecule has 0 bridgehead atoms. The van der Waals surface area contributed by atoms with E-state index in [0.29, 0.717) is 6.04 Å². The molecule has 74 valence electrons. The highest BCUT2D eigenvalue weighted by Gasteiger charge is 2.53. The molecule has 1 aliphatic heterocycles. The third kappa shape index (κ3) is 1.79. The fraction of sp³-hybridized carbons (Fsp3) is 0.818. The Bertz CT molecular complexity index is 210. The molecule has 13 heavy (non-hydrogen) atoms. The summed E-state index contributed by atoms with van der Waals surface area (Å²) in [6.45, 7) is 8.06. The lowest BCUT2D eigenvalue weighted by Crippen LogP contribution is -2.29. The van der Waals surface area contributed by atoms with Crippen LogP contribution in [-0.4, -0.2) is 30.6 Å². The highest BCUT2D eigenvalue weighted by Crippen LogP contribution is 2.43. The van der Waals surface area contributed by atoms with Gasteiger partial charge in [0.05, 0.1) is 0 Å². The van der Waals surface area contributed by atoms with Gasteiger partial charge >= 0.3 is 0 Å². The summed E-state index contributed by atoms with van der Waals surface area (Å²) in [6, 6.07) is 0.534. The smallest absolute Gasteiger partial charge is 0.0190 e. The standard InChI is InChI=1S/C11H20N2/c1-3-4-8(2)5-13-6-9-10(7-13)11(9)12/h4,9-11H,3,5-7,12H2,1-2H3/b8-4-/t9-,10+,11?. The fourth-order valence-electron chi connectivity index (χ4n) is 2.55. The van der Waals surface area contributed by atoms with Gasteiger partial charge in [-0.3, -0.25) is 4.90 Å². The number of rotatable bonds is 3. The van der Waals surface area contributed by atoms with E-state index < -0.39 is 0 Å². The Kier molecular flexibility index (Phi) is 2.43. The Labute approximate surface area is 80.8 Å². The molecule has 0 radical (unpaired) electrons. The summed E-state index contributed by atoms with van der Waals surface area (Å²) in [4.78, 5) is 2.54. The molecule has 0 amide bonds. The van der Waals surface area contributed by atoms with Gasteiger partial charge < -0.3 is 5.73 Å². The third-order valence-electron chi connectivity index (χ3n) is 3.36. The van der Waals surface area contributed by atoms with Crippen molar-refractivity contribution >= 4 is 0 Å². The van der Waals surface area contributed by atoms with Crippen molar-refractivity contribution in [1.29, 1.82) is 0 Å². The van der Waals surface area contributed by atoms with E-state index in [4.69, 9.17) is 5.73 Å². The second-order valence-corrected chi connectivity index (χ2v) is 4.56. The predicted molar refractivity (Wildman–Crippen MR) is 55.4 cm³/mol. The van der Waals surface area contributed by atoms with E-state index >= 15 is 0 Å². The van der Waals surface area contributed by atoms with Crippen LogP contribution in [0.15, 0.2) is 11.6 Å². The molecule has 2 aliphatic rings. The summed E-state index contributed by atoms with van der Waals surface area (Å²) in [5.41, 5.74) is 7.39. The zero-order chi connectivity index (χ0) is 9.42. The number of hydrogen-bond acceptors (Lipinski definition) is 2. The Balaban J connectivity index is 1.77. The van der Waals surface area contributed by atoms with Gasteiger partial charge in [0.2, 0.25) is 0 Å². The van der Waals surface area contributed by atoms with E-state index in [9.17, 15) is 0 Å². The van der Waals surface area contributed by atoms with E-state index in [2.05, 4.69) is 24.8 Å². The Morgan fingerprint density at radius 3 is 2.62 bits per heavy atom. The fourth-order valence-corrected chi connectivity index (χ4v) is 2.55. The molecular weight excluding hydrogens is 160 g/mol. The molecule has 1 unspecified atom stereocenters. The molecule has 2 N–H and O–H groups in total. The SMILES string of the molecule is CC/C=C(/C)CN1C[C@@H]2C(N)[C@@H]2C1. The van der Waals surface area contributed by atoms with E-state index in [0.717, 1.165) is 24.8 Å². The predicted octanol–water partition coefficient (Wildman–Crippen LogP) is 1.23. The average Bonchev–Trinajstić information content (AvgIpc) is 2.55. The van der Waals surface area contributed by atoms with Crippen LogP contribution in [0.5, 0.6) is 0 Å². The van der Waals surface area contributed by atoms with Crippen LogP contribution in [0.1, 0.15) is 20.3 Å². The normalized spacial score (nSPS) is 39.3. The molecule has 2 fully saturated rings. The van der Waals surface area contributed by atoms with Crippen molar-refractivity contribution in [2.45, 2.75) is 26.3 Å². The second kappa shape index (κ2) is 3.43. The molecular formula is C11H20N2. The molecule has 1 heterocycles. The molecule has 0 aromatic heterocycles. The summed E-state index contributed by atoms with van der Waals surface area (Å²) in [6.07, 6.45) is 3.48. The quantitative estimate of drug-likeness (QED) is 0.662. The molecule has 3 atom stereocenters. The molecule has 0 aromatic rings. The largest absolute Gasteiger partial charge is 0.327 e. The Hall–Kier alpha value is -0.340. The van der Waals surface area contributed by atoms with Crippen LogP contribution in [0.3, 0.4) is 0 Å². The van der Waals surface area contributed by atoms with Gasteiger partial charge in [0.25, 0.3) is 0 Å². The van der Waals surface area contributed by atoms with Crippen LogP contribution in [0, 0.1) is 11.8 Å². The van der Waals surface area contributed by atoms with Crippen LogP contribution in [-0.2, 0) is 0 Å². The zero-order valence-electron chi connectivity index (χ0n) is 8.66. The van der Waals surface area contributed by atoms with Gasteiger partial charge in [-0.2, -0.15) is 0 Å². The lowest BCUT2D eigenvalue weighted by molar-refractivity contribution is 0.322. The summed E-state index contributed by atoms with van der Waals surface area (Å²) in [5.74, 6) is 1.66. The van der Waals surface area contributed by atoms with Crippen LogP contribution < -0.4 is 5.73 Å². The highest BCUT2D eigenvalue weighted by atomic mass is 15.2. The average molecular weight is 180 g/mol. The Morgan fingerprint density at radius 1 is 1.46 bits per heavy atom. The molecule has 1 saturated carbocycles. The molecule has 2 heteroatoms. The molecule has 1 aliphatic carbocycles. The van der Waals surface area contributed by atoms with E-state index in [1.807, 2.05) is 0 Å². The minimum atomic E-state index is 0.534. The first-order valence-corrected chi connectivity index (χ1v) is 5.36. The van der Waals surface area contributed by atoms with Crippen molar-refractivity contribution in [2.75, 3.05) is 19.6 Å². The van der Waals surface area contributed by atoms with Crippen LogP contribution >= 0.6 is 0 Å². The monoisotopic (exact) mass is 180 g/mol. The number of likely N-dealkylation sites (tertiary alicyclic amines) is 1. The van der Waals surface area contributed by atoms with Crippen molar-refractivity contribution in [2.24, 2.45) is 17.6 Å². The number of piperidine rings is 1. The maximum absolute atomic E-state index is 5.88. The van der Waals surface area contributed by atoms with Crippen LogP contribution in [0.4, 0.5) is 0 Å². The maximum atomic E-state index is 5.88. The first-order chi connectivity index (χ1) is 6.22. The molecule has 1 saturated heterocycles. The van der Waals surface area contributed by atoms with Gasteiger partial charge in [-0.1, -0.05) is 18.6 Å². The Morgan fingerprint density at radius 2 is 2.08 bits per heavy atom. The first kappa shape index (κ1) is 9.22. The number of hydrogen-bond donors (Lipinski definition) is 1. The molecule has 2 nitrogen and oxygen atoms in total. The summed E-state index contributed by atoms with van der Waals surface area (Å²) < 4.78 is 0. The lowest BCUT2D eigenvalue weighted by Gasteiger charge is -2.18. The topological polar surface area (TPSA) is 29.3 Å². The van der Waals surface area contributed by atoms with Gasteiger partial charge in [-0.15, -0.1) is 0 Å². The molecule has 0 aromatic carbocycles. The molecule has 2 rings (SSSR count). The lowest BCUT2D eigenvalue weighted by atomic mass is 10.2. The summed E-state index contributed by atoms with van der Waals surface area (Å²) >= 11 is 0. The number of nitrogens with zero attached hydrogens (tertiary/aromatic N) is 1. The summed E-state index contributed by atoms with van der Waals surface area (Å²) in [7, 11) is 0. The van der Waals surface area contributed by atoms with Crippen LogP contribution in [0.25, 0.3) is 0 Å². The van der Waals surface area contributed by atoms with Crippen molar-refractivity contribution in [3.05, 3.63) is 11.6 Å². The van der Waals surface area contributed by atoms with Gasteiger partial charge in [-0.25, -0.2) is 0 Å². The van der Waals surface area contributed by atoms with Crippen molar-refractivity contribution in [3.63, 3.8) is 0 Å².